The number of aromatic carboxylic acids is 1. The smallest absolute Gasteiger partial charge is 0.335 e. The van der Waals surface area contributed by atoms with E-state index in [0.717, 1.165) is 19.3 Å². The molecule has 1 aliphatic carbocycles. The number of aliphatic hydroxyl groups excluding tert-OH is 1. The van der Waals surface area contributed by atoms with E-state index < -0.39 is 16.0 Å². The number of carbonyl (C=O) groups is 1. The number of carboxylic acids is 1. The van der Waals surface area contributed by atoms with Gasteiger partial charge >= 0.3 is 5.97 Å². The first-order chi connectivity index (χ1) is 9.87. The van der Waals surface area contributed by atoms with Gasteiger partial charge in [0.05, 0.1) is 17.1 Å². The Kier molecular flexibility index (Phi) is 4.65. The van der Waals surface area contributed by atoms with Crippen molar-refractivity contribution in [3.63, 3.8) is 0 Å². The third kappa shape index (κ3) is 3.09. The van der Waals surface area contributed by atoms with E-state index in [1.165, 1.54) is 22.5 Å². The molecule has 1 aromatic rings. The highest BCUT2D eigenvalue weighted by Gasteiger charge is 2.35. The molecule has 0 heterocycles. The topological polar surface area (TPSA) is 94.9 Å². The SMILES string of the molecule is Cc1ccc(C(=O)O)cc1S(=O)(=O)N(CCO)C1CCC1. The predicted molar refractivity (Wildman–Crippen MR) is 76.8 cm³/mol. The summed E-state index contributed by atoms with van der Waals surface area (Å²) in [5, 5.41) is 18.2. The first-order valence-corrected chi connectivity index (χ1v) is 8.28. The van der Waals surface area contributed by atoms with E-state index in [-0.39, 0.29) is 29.7 Å². The molecule has 0 spiro atoms. The average Bonchev–Trinajstić information content (AvgIpc) is 2.36. The molecule has 1 aliphatic rings. The van der Waals surface area contributed by atoms with E-state index in [4.69, 9.17) is 10.2 Å². The average molecular weight is 313 g/mol. The lowest BCUT2D eigenvalue weighted by Gasteiger charge is -2.36. The van der Waals surface area contributed by atoms with E-state index in [1.54, 1.807) is 6.92 Å². The second kappa shape index (κ2) is 6.13. The molecule has 0 atom stereocenters. The molecule has 7 heteroatoms. The fourth-order valence-corrected chi connectivity index (χ4v) is 4.34. The van der Waals surface area contributed by atoms with Crippen LogP contribution < -0.4 is 0 Å². The molecule has 2 rings (SSSR count). The van der Waals surface area contributed by atoms with Crippen LogP contribution in [0.1, 0.15) is 35.2 Å². The maximum atomic E-state index is 12.8. The summed E-state index contributed by atoms with van der Waals surface area (Å²) in [6, 6.07) is 3.97. The molecule has 0 amide bonds. The minimum atomic E-state index is -3.80. The van der Waals surface area contributed by atoms with Crippen molar-refractivity contribution in [3.8, 4) is 0 Å². The zero-order chi connectivity index (χ0) is 15.6. The van der Waals surface area contributed by atoms with Gasteiger partial charge < -0.3 is 10.2 Å². The number of aliphatic hydroxyl groups is 1. The number of hydrogen-bond donors (Lipinski definition) is 2. The molecule has 2 N–H and O–H groups in total. The van der Waals surface area contributed by atoms with Crippen molar-refractivity contribution in [3.05, 3.63) is 29.3 Å². The van der Waals surface area contributed by atoms with Gasteiger partial charge in [0.1, 0.15) is 0 Å². The van der Waals surface area contributed by atoms with Gasteiger partial charge in [-0.05, 0) is 37.5 Å². The number of sulfonamides is 1. The third-order valence-electron chi connectivity index (χ3n) is 3.82. The molecule has 1 fully saturated rings. The second-order valence-corrected chi connectivity index (χ2v) is 7.07. The zero-order valence-electron chi connectivity index (χ0n) is 11.8. The van der Waals surface area contributed by atoms with Crippen LogP contribution in [0, 0.1) is 6.92 Å². The Morgan fingerprint density at radius 3 is 2.52 bits per heavy atom. The van der Waals surface area contributed by atoms with Crippen LogP contribution in [-0.4, -0.2) is 48.1 Å². The summed E-state index contributed by atoms with van der Waals surface area (Å²) >= 11 is 0. The van der Waals surface area contributed by atoms with Gasteiger partial charge in [-0.3, -0.25) is 0 Å². The molecular formula is C14H19NO5S. The molecule has 116 valence electrons. The van der Waals surface area contributed by atoms with Gasteiger partial charge in [0.25, 0.3) is 0 Å². The largest absolute Gasteiger partial charge is 0.478 e. The van der Waals surface area contributed by atoms with Crippen LogP contribution in [0.15, 0.2) is 23.1 Å². The van der Waals surface area contributed by atoms with Gasteiger partial charge in [-0.15, -0.1) is 0 Å². The highest BCUT2D eigenvalue weighted by atomic mass is 32.2. The lowest BCUT2D eigenvalue weighted by molar-refractivity contribution is 0.0696. The molecule has 0 aliphatic heterocycles. The van der Waals surface area contributed by atoms with Gasteiger partial charge in [0, 0.05) is 12.6 Å². The van der Waals surface area contributed by atoms with Gasteiger partial charge in [0.2, 0.25) is 10.0 Å². The van der Waals surface area contributed by atoms with Crippen LogP contribution in [0.3, 0.4) is 0 Å². The predicted octanol–water partition coefficient (Wildman–Crippen LogP) is 1.23. The molecular weight excluding hydrogens is 294 g/mol. The Hall–Kier alpha value is -1.44. The van der Waals surface area contributed by atoms with Crippen molar-refractivity contribution in [2.24, 2.45) is 0 Å². The van der Waals surface area contributed by atoms with E-state index >= 15 is 0 Å². The lowest BCUT2D eigenvalue weighted by Crippen LogP contribution is -2.45. The second-order valence-electron chi connectivity index (χ2n) is 5.21. The number of hydrogen-bond acceptors (Lipinski definition) is 4. The fraction of sp³-hybridized carbons (Fsp3) is 0.500. The Balaban J connectivity index is 2.45. The van der Waals surface area contributed by atoms with Crippen LogP contribution in [0.25, 0.3) is 0 Å². The molecule has 0 aromatic heterocycles. The number of aryl methyl sites for hydroxylation is 1. The number of nitrogens with zero attached hydrogens (tertiary/aromatic N) is 1. The summed E-state index contributed by atoms with van der Waals surface area (Å²) in [4.78, 5) is 11.0. The summed E-state index contributed by atoms with van der Waals surface area (Å²) in [7, 11) is -3.80. The minimum absolute atomic E-state index is 0.00255. The van der Waals surface area contributed by atoms with E-state index in [1.807, 2.05) is 0 Å². The van der Waals surface area contributed by atoms with E-state index in [0.29, 0.717) is 5.56 Å². The lowest BCUT2D eigenvalue weighted by atomic mass is 9.93. The summed E-state index contributed by atoms with van der Waals surface area (Å²) < 4.78 is 26.8. The summed E-state index contributed by atoms with van der Waals surface area (Å²) in [6.07, 6.45) is 2.52. The maximum absolute atomic E-state index is 12.8. The minimum Gasteiger partial charge on any atom is -0.478 e. The molecule has 0 bridgehead atoms. The van der Waals surface area contributed by atoms with Crippen molar-refractivity contribution in [1.29, 1.82) is 0 Å². The van der Waals surface area contributed by atoms with Gasteiger partial charge in [-0.25, -0.2) is 13.2 Å². The Morgan fingerprint density at radius 2 is 2.05 bits per heavy atom. The van der Waals surface area contributed by atoms with Gasteiger partial charge in [-0.1, -0.05) is 12.5 Å². The Bertz CT molecular complexity index is 637. The van der Waals surface area contributed by atoms with Crippen LogP contribution in [0.2, 0.25) is 0 Å². The number of benzene rings is 1. The van der Waals surface area contributed by atoms with Crippen molar-refractivity contribution < 1.29 is 23.4 Å². The van der Waals surface area contributed by atoms with Crippen LogP contribution in [0.5, 0.6) is 0 Å². The standard InChI is InChI=1S/C14H19NO5S/c1-10-5-6-11(14(17)18)9-13(10)21(19,20)15(7-8-16)12-3-2-4-12/h5-6,9,12,16H,2-4,7-8H2,1H3,(H,17,18). The molecule has 6 nitrogen and oxygen atoms in total. The maximum Gasteiger partial charge on any atom is 0.335 e. The van der Waals surface area contributed by atoms with Gasteiger partial charge in [-0.2, -0.15) is 4.31 Å². The van der Waals surface area contributed by atoms with Crippen molar-refractivity contribution in [2.45, 2.75) is 37.1 Å². The van der Waals surface area contributed by atoms with E-state index in [2.05, 4.69) is 0 Å². The zero-order valence-corrected chi connectivity index (χ0v) is 12.6. The molecule has 1 saturated carbocycles. The van der Waals surface area contributed by atoms with Crippen LogP contribution in [0.4, 0.5) is 0 Å². The first-order valence-electron chi connectivity index (χ1n) is 6.84. The van der Waals surface area contributed by atoms with Crippen LogP contribution in [-0.2, 0) is 10.0 Å². The van der Waals surface area contributed by atoms with Crippen molar-refractivity contribution in [2.75, 3.05) is 13.2 Å². The number of carboxylic acid groups (broad SMARTS) is 1. The third-order valence-corrected chi connectivity index (χ3v) is 5.92. The highest BCUT2D eigenvalue weighted by Crippen LogP contribution is 2.31. The normalized spacial score (nSPS) is 16.0. The molecule has 0 unspecified atom stereocenters. The Morgan fingerprint density at radius 1 is 1.38 bits per heavy atom. The van der Waals surface area contributed by atoms with Gasteiger partial charge in [0.15, 0.2) is 0 Å². The summed E-state index contributed by atoms with van der Waals surface area (Å²) in [5.74, 6) is -1.16. The fourth-order valence-electron chi connectivity index (χ4n) is 2.41. The molecule has 21 heavy (non-hydrogen) atoms. The monoisotopic (exact) mass is 313 g/mol. The molecule has 0 radical (unpaired) electrons. The first kappa shape index (κ1) is 15.9. The molecule has 1 aromatic carbocycles. The van der Waals surface area contributed by atoms with E-state index in [9.17, 15) is 13.2 Å². The quantitative estimate of drug-likeness (QED) is 0.823. The Labute approximate surface area is 124 Å². The van der Waals surface area contributed by atoms with Crippen molar-refractivity contribution >= 4 is 16.0 Å². The van der Waals surface area contributed by atoms with Crippen molar-refractivity contribution in [1.82, 2.24) is 4.31 Å². The van der Waals surface area contributed by atoms with Crippen LogP contribution >= 0.6 is 0 Å². The molecule has 0 saturated heterocycles. The summed E-state index contributed by atoms with van der Waals surface area (Å²) in [6.45, 7) is 1.41. The number of rotatable bonds is 6. The summed E-state index contributed by atoms with van der Waals surface area (Å²) in [5.41, 5.74) is 0.444. The highest BCUT2D eigenvalue weighted by molar-refractivity contribution is 7.89.